The zero-order valence-corrected chi connectivity index (χ0v) is 18.5. The fraction of sp³-hybridized carbons (Fsp3) is 0.130. The molecule has 0 spiro atoms. The number of hydrogen-bond donors (Lipinski definition) is 0. The Bertz CT molecular complexity index is 1280. The van der Waals surface area contributed by atoms with Crippen LogP contribution in [0.15, 0.2) is 87.0 Å². The molecular formula is C23H18ClN5O2S. The molecule has 0 aliphatic carbocycles. The number of rotatable bonds is 8. The van der Waals surface area contributed by atoms with E-state index in [0.29, 0.717) is 35.5 Å². The zero-order valence-electron chi connectivity index (χ0n) is 16.9. The summed E-state index contributed by atoms with van der Waals surface area (Å²) in [6.45, 7) is 0.503. The van der Waals surface area contributed by atoms with Gasteiger partial charge in [-0.05, 0) is 42.0 Å². The maximum absolute atomic E-state index is 6.04. The second kappa shape index (κ2) is 9.42. The molecule has 3 heterocycles. The summed E-state index contributed by atoms with van der Waals surface area (Å²) < 4.78 is 13.4. The van der Waals surface area contributed by atoms with E-state index in [2.05, 4.69) is 20.4 Å². The van der Waals surface area contributed by atoms with Gasteiger partial charge < -0.3 is 8.83 Å². The van der Waals surface area contributed by atoms with Crippen molar-refractivity contribution in [3.8, 4) is 11.4 Å². The molecule has 2 aromatic carbocycles. The molecule has 0 saturated carbocycles. The monoisotopic (exact) mass is 463 g/mol. The topological polar surface area (TPSA) is 82.8 Å². The SMILES string of the molecule is Clc1ccc(-c2nnc(SCc3nnc(Cc4ccccc4)o3)n2Cc2ccco2)cc1. The van der Waals surface area contributed by atoms with Gasteiger partial charge in [-0.25, -0.2) is 0 Å². The minimum absolute atomic E-state index is 0.485. The van der Waals surface area contributed by atoms with Crippen molar-refractivity contribution < 1.29 is 8.83 Å². The summed E-state index contributed by atoms with van der Waals surface area (Å²) in [6.07, 6.45) is 2.26. The highest BCUT2D eigenvalue weighted by Gasteiger charge is 2.17. The molecule has 0 aliphatic rings. The van der Waals surface area contributed by atoms with Crippen molar-refractivity contribution in [2.24, 2.45) is 0 Å². The normalized spacial score (nSPS) is 11.2. The Morgan fingerprint density at radius 3 is 2.44 bits per heavy atom. The van der Waals surface area contributed by atoms with Crippen LogP contribution in [-0.4, -0.2) is 25.0 Å². The Balaban J connectivity index is 1.35. The van der Waals surface area contributed by atoms with Crippen LogP contribution in [0.4, 0.5) is 0 Å². The van der Waals surface area contributed by atoms with Gasteiger partial charge in [-0.1, -0.05) is 53.7 Å². The fourth-order valence-corrected chi connectivity index (χ4v) is 4.12. The lowest BCUT2D eigenvalue weighted by atomic mass is 10.2. The van der Waals surface area contributed by atoms with Crippen LogP contribution < -0.4 is 0 Å². The van der Waals surface area contributed by atoms with Gasteiger partial charge in [0.1, 0.15) is 5.76 Å². The van der Waals surface area contributed by atoms with Crippen LogP contribution in [0, 0.1) is 0 Å². The first-order valence-electron chi connectivity index (χ1n) is 9.94. The molecule has 0 fully saturated rings. The van der Waals surface area contributed by atoms with Gasteiger partial charge in [-0.2, -0.15) is 0 Å². The molecule has 0 unspecified atom stereocenters. The summed E-state index contributed by atoms with van der Waals surface area (Å²) in [4.78, 5) is 0. The lowest BCUT2D eigenvalue weighted by Gasteiger charge is -2.08. The Hall–Kier alpha value is -3.36. The maximum atomic E-state index is 6.04. The molecule has 0 amide bonds. The van der Waals surface area contributed by atoms with E-state index in [9.17, 15) is 0 Å². The van der Waals surface area contributed by atoms with Crippen molar-refractivity contribution in [1.29, 1.82) is 0 Å². The fourth-order valence-electron chi connectivity index (χ4n) is 3.22. The van der Waals surface area contributed by atoms with Crippen molar-refractivity contribution in [2.75, 3.05) is 0 Å². The van der Waals surface area contributed by atoms with Crippen LogP contribution in [0.5, 0.6) is 0 Å². The van der Waals surface area contributed by atoms with Gasteiger partial charge in [0.25, 0.3) is 0 Å². The molecule has 0 saturated heterocycles. The standard InChI is InChI=1S/C23H18ClN5O2S/c24-18-10-8-17(9-11-18)22-27-28-23(29(22)14-19-7-4-12-30-19)32-15-21-26-25-20(31-21)13-16-5-2-1-3-6-16/h1-12H,13-15H2. The number of thioether (sulfide) groups is 1. The van der Waals surface area contributed by atoms with Gasteiger partial charge in [-0.3, -0.25) is 4.57 Å². The lowest BCUT2D eigenvalue weighted by Crippen LogP contribution is -2.03. The number of nitrogens with zero attached hydrogens (tertiary/aromatic N) is 5. The number of benzene rings is 2. The van der Waals surface area contributed by atoms with E-state index in [1.54, 1.807) is 6.26 Å². The smallest absolute Gasteiger partial charge is 0.226 e. The van der Waals surface area contributed by atoms with Crippen molar-refractivity contribution in [1.82, 2.24) is 25.0 Å². The summed E-state index contributed by atoms with van der Waals surface area (Å²) in [7, 11) is 0. The third-order valence-electron chi connectivity index (χ3n) is 4.74. The number of hydrogen-bond acceptors (Lipinski definition) is 7. The highest BCUT2D eigenvalue weighted by atomic mass is 35.5. The average molecular weight is 464 g/mol. The van der Waals surface area contributed by atoms with Gasteiger partial charge in [0.2, 0.25) is 11.8 Å². The molecule has 0 aliphatic heterocycles. The van der Waals surface area contributed by atoms with E-state index >= 15 is 0 Å². The summed E-state index contributed by atoms with van der Waals surface area (Å²) >= 11 is 7.53. The van der Waals surface area contributed by atoms with Crippen molar-refractivity contribution >= 4 is 23.4 Å². The predicted octanol–water partition coefficient (Wildman–Crippen LogP) is 5.51. The first-order valence-corrected chi connectivity index (χ1v) is 11.3. The molecule has 0 N–H and O–H groups in total. The minimum atomic E-state index is 0.485. The third kappa shape index (κ3) is 4.76. The van der Waals surface area contributed by atoms with Gasteiger partial charge >= 0.3 is 0 Å². The zero-order chi connectivity index (χ0) is 21.8. The molecule has 5 aromatic rings. The Kier molecular flexibility index (Phi) is 6.04. The first-order chi connectivity index (χ1) is 15.7. The van der Waals surface area contributed by atoms with E-state index in [1.807, 2.05) is 71.3 Å². The molecule has 0 radical (unpaired) electrons. The van der Waals surface area contributed by atoms with Crippen LogP contribution in [0.2, 0.25) is 5.02 Å². The number of aromatic nitrogens is 5. The molecule has 9 heteroatoms. The highest BCUT2D eigenvalue weighted by Crippen LogP contribution is 2.28. The van der Waals surface area contributed by atoms with E-state index < -0.39 is 0 Å². The first kappa shape index (κ1) is 20.5. The molecule has 0 atom stereocenters. The largest absolute Gasteiger partial charge is 0.467 e. The average Bonchev–Trinajstić information content (AvgIpc) is 3.56. The Morgan fingerprint density at radius 2 is 1.66 bits per heavy atom. The third-order valence-corrected chi connectivity index (χ3v) is 5.95. The predicted molar refractivity (Wildman–Crippen MR) is 121 cm³/mol. The number of halogens is 1. The van der Waals surface area contributed by atoms with Crippen LogP contribution in [0.25, 0.3) is 11.4 Å². The van der Waals surface area contributed by atoms with Crippen LogP contribution in [-0.2, 0) is 18.7 Å². The summed E-state index contributed by atoms with van der Waals surface area (Å²) in [5.41, 5.74) is 2.05. The van der Waals surface area contributed by atoms with Gasteiger partial charge in [0.05, 0.1) is 25.0 Å². The molecule has 3 aromatic heterocycles. The van der Waals surface area contributed by atoms with E-state index in [1.165, 1.54) is 11.8 Å². The highest BCUT2D eigenvalue weighted by molar-refractivity contribution is 7.98. The van der Waals surface area contributed by atoms with Gasteiger partial charge in [0.15, 0.2) is 11.0 Å². The summed E-state index contributed by atoms with van der Waals surface area (Å²) in [5.74, 6) is 3.16. The molecule has 0 bridgehead atoms. The van der Waals surface area contributed by atoms with Crippen molar-refractivity contribution in [3.63, 3.8) is 0 Å². The lowest BCUT2D eigenvalue weighted by molar-refractivity contribution is 0.473. The van der Waals surface area contributed by atoms with Crippen molar-refractivity contribution in [3.05, 3.63) is 101 Å². The van der Waals surface area contributed by atoms with Gasteiger partial charge in [-0.15, -0.1) is 20.4 Å². The molecule has 5 rings (SSSR count). The number of furan rings is 1. The quantitative estimate of drug-likeness (QED) is 0.281. The second-order valence-electron chi connectivity index (χ2n) is 7.02. The minimum Gasteiger partial charge on any atom is -0.467 e. The van der Waals surface area contributed by atoms with E-state index in [0.717, 1.165) is 27.9 Å². The Labute approximate surface area is 193 Å². The summed E-state index contributed by atoms with van der Waals surface area (Å²) in [5, 5.41) is 18.6. The molecule has 160 valence electrons. The van der Waals surface area contributed by atoms with E-state index in [-0.39, 0.29) is 0 Å². The second-order valence-corrected chi connectivity index (χ2v) is 8.40. The Morgan fingerprint density at radius 1 is 0.844 bits per heavy atom. The summed E-state index contributed by atoms with van der Waals surface area (Å²) in [6, 6.07) is 21.3. The maximum Gasteiger partial charge on any atom is 0.226 e. The van der Waals surface area contributed by atoms with Crippen LogP contribution >= 0.6 is 23.4 Å². The molecular weight excluding hydrogens is 446 g/mol. The van der Waals surface area contributed by atoms with Gasteiger partial charge in [0, 0.05) is 10.6 Å². The van der Waals surface area contributed by atoms with E-state index in [4.69, 9.17) is 20.4 Å². The van der Waals surface area contributed by atoms with Crippen LogP contribution in [0.1, 0.15) is 23.1 Å². The van der Waals surface area contributed by atoms with Crippen LogP contribution in [0.3, 0.4) is 0 Å². The molecule has 7 nitrogen and oxygen atoms in total. The molecule has 32 heavy (non-hydrogen) atoms. The van der Waals surface area contributed by atoms with Crippen molar-refractivity contribution in [2.45, 2.75) is 23.9 Å².